The zero-order valence-electron chi connectivity index (χ0n) is 16.6. The van der Waals surface area contributed by atoms with E-state index in [2.05, 4.69) is 15.0 Å². The highest BCUT2D eigenvalue weighted by atomic mass is 19.4. The molecule has 0 fully saturated rings. The number of hydrogen-bond donors (Lipinski definition) is 0. The summed E-state index contributed by atoms with van der Waals surface area (Å²) in [5, 5.41) is 0. The lowest BCUT2D eigenvalue weighted by Crippen LogP contribution is -2.23. The van der Waals surface area contributed by atoms with E-state index in [-0.39, 0.29) is 0 Å². The van der Waals surface area contributed by atoms with Gasteiger partial charge in [0.2, 0.25) is 0 Å². The molecule has 4 heterocycles. The van der Waals surface area contributed by atoms with Crippen molar-refractivity contribution in [1.82, 2.24) is 29.1 Å². The Morgan fingerprint density at radius 3 is 1.73 bits per heavy atom. The molecule has 0 aliphatic rings. The molecule has 4 aromatic heterocycles. The quantitative estimate of drug-likeness (QED) is 0.495. The van der Waals surface area contributed by atoms with Crippen LogP contribution in [0, 0.1) is 6.92 Å². The van der Waals surface area contributed by atoms with E-state index in [9.17, 15) is 13.2 Å². The van der Waals surface area contributed by atoms with E-state index >= 15 is 0 Å². The predicted octanol–water partition coefficient (Wildman–Crippen LogP) is 4.50. The van der Waals surface area contributed by atoms with Crippen LogP contribution in [0.5, 0.6) is 0 Å². The van der Waals surface area contributed by atoms with Gasteiger partial charge in [0.05, 0.1) is 17.1 Å². The van der Waals surface area contributed by atoms with Crippen LogP contribution in [0.2, 0.25) is 0 Å². The van der Waals surface area contributed by atoms with Crippen LogP contribution in [-0.2, 0) is 11.6 Å². The summed E-state index contributed by atoms with van der Waals surface area (Å²) < 4.78 is 41.7. The van der Waals surface area contributed by atoms with Crippen LogP contribution in [0.25, 0.3) is 11.6 Å². The van der Waals surface area contributed by atoms with Crippen LogP contribution in [0.1, 0.15) is 36.6 Å². The third-order valence-corrected chi connectivity index (χ3v) is 4.86. The Morgan fingerprint density at radius 1 is 0.733 bits per heavy atom. The normalized spacial score (nSPS) is 12.3. The fourth-order valence-electron chi connectivity index (χ4n) is 3.10. The van der Waals surface area contributed by atoms with Crippen molar-refractivity contribution in [2.24, 2.45) is 0 Å². The molecule has 0 atom stereocenters. The van der Waals surface area contributed by atoms with Crippen LogP contribution in [-0.4, -0.2) is 29.1 Å². The van der Waals surface area contributed by atoms with Gasteiger partial charge >= 0.3 is 6.18 Å². The fraction of sp³-hybridized carbons (Fsp3) is 0.238. The Balaban J connectivity index is 1.70. The maximum absolute atomic E-state index is 12.9. The first-order valence-corrected chi connectivity index (χ1v) is 9.22. The second-order valence-corrected chi connectivity index (χ2v) is 7.47. The Kier molecular flexibility index (Phi) is 4.68. The average molecular weight is 412 g/mol. The van der Waals surface area contributed by atoms with E-state index in [1.165, 1.54) is 4.57 Å². The SMILES string of the molecule is Cc1cn(-c2cccc(C(C)(C)c3cccc(-n4cnc(C(F)(F)F)c4)n3)n2)cn1. The molecule has 0 amide bonds. The molecule has 0 unspecified atom stereocenters. The Labute approximate surface area is 171 Å². The Bertz CT molecular complexity index is 1190. The molecule has 6 nitrogen and oxygen atoms in total. The molecule has 4 aromatic rings. The van der Waals surface area contributed by atoms with Gasteiger partial charge in [0.1, 0.15) is 24.3 Å². The highest BCUT2D eigenvalue weighted by Crippen LogP contribution is 2.31. The summed E-state index contributed by atoms with van der Waals surface area (Å²) in [5.74, 6) is 1.08. The van der Waals surface area contributed by atoms with Gasteiger partial charge in [-0.05, 0) is 45.0 Å². The first kappa shape index (κ1) is 19.8. The van der Waals surface area contributed by atoms with Crippen molar-refractivity contribution in [1.29, 1.82) is 0 Å². The van der Waals surface area contributed by atoms with E-state index < -0.39 is 17.3 Å². The van der Waals surface area contributed by atoms with Crippen molar-refractivity contribution in [2.45, 2.75) is 32.4 Å². The van der Waals surface area contributed by atoms with Crippen LogP contribution in [0.3, 0.4) is 0 Å². The summed E-state index contributed by atoms with van der Waals surface area (Å²) in [6.07, 6.45) is 1.12. The lowest BCUT2D eigenvalue weighted by atomic mass is 9.84. The van der Waals surface area contributed by atoms with Gasteiger partial charge in [-0.2, -0.15) is 13.2 Å². The van der Waals surface area contributed by atoms with Gasteiger partial charge in [-0.15, -0.1) is 0 Å². The maximum Gasteiger partial charge on any atom is 0.434 e. The Morgan fingerprint density at radius 2 is 1.27 bits per heavy atom. The van der Waals surface area contributed by atoms with Crippen LogP contribution in [0.15, 0.2) is 61.4 Å². The molecule has 4 rings (SSSR count). The van der Waals surface area contributed by atoms with Gasteiger partial charge in [0.25, 0.3) is 0 Å². The molecule has 0 aliphatic heterocycles. The summed E-state index contributed by atoms with van der Waals surface area (Å²) >= 11 is 0. The second-order valence-electron chi connectivity index (χ2n) is 7.47. The van der Waals surface area contributed by atoms with Crippen molar-refractivity contribution in [3.05, 3.63) is 84.2 Å². The van der Waals surface area contributed by atoms with E-state index in [1.54, 1.807) is 18.5 Å². The minimum Gasteiger partial charge on any atom is -0.290 e. The molecule has 0 radical (unpaired) electrons. The van der Waals surface area contributed by atoms with Crippen LogP contribution in [0.4, 0.5) is 13.2 Å². The monoisotopic (exact) mass is 412 g/mol. The first-order chi connectivity index (χ1) is 14.1. The lowest BCUT2D eigenvalue weighted by Gasteiger charge is -2.24. The summed E-state index contributed by atoms with van der Waals surface area (Å²) in [5.41, 5.74) is 0.786. The first-order valence-electron chi connectivity index (χ1n) is 9.22. The lowest BCUT2D eigenvalue weighted by molar-refractivity contribution is -0.140. The van der Waals surface area contributed by atoms with Crippen molar-refractivity contribution < 1.29 is 13.2 Å². The molecule has 0 aliphatic carbocycles. The minimum absolute atomic E-state index is 0.352. The number of imidazole rings is 2. The van der Waals surface area contributed by atoms with E-state index in [0.717, 1.165) is 29.7 Å². The zero-order chi connectivity index (χ0) is 21.5. The molecule has 0 bridgehead atoms. The number of rotatable bonds is 4. The summed E-state index contributed by atoms with van der Waals surface area (Å²) in [6.45, 7) is 5.85. The molecule has 0 spiro atoms. The number of nitrogens with zero attached hydrogens (tertiary/aromatic N) is 6. The van der Waals surface area contributed by atoms with Crippen molar-refractivity contribution in [2.75, 3.05) is 0 Å². The third kappa shape index (κ3) is 3.70. The van der Waals surface area contributed by atoms with E-state index in [0.29, 0.717) is 11.5 Å². The molecule has 30 heavy (non-hydrogen) atoms. The van der Waals surface area contributed by atoms with Gasteiger partial charge in [0.15, 0.2) is 5.69 Å². The number of hydrogen-bond acceptors (Lipinski definition) is 4. The van der Waals surface area contributed by atoms with Crippen molar-refractivity contribution >= 4 is 0 Å². The molecule has 9 heteroatoms. The predicted molar refractivity (Wildman–Crippen MR) is 105 cm³/mol. The summed E-state index contributed by atoms with van der Waals surface area (Å²) in [4.78, 5) is 17.0. The largest absolute Gasteiger partial charge is 0.434 e. The number of alkyl halides is 3. The third-order valence-electron chi connectivity index (χ3n) is 4.86. The minimum atomic E-state index is -4.50. The summed E-state index contributed by atoms with van der Waals surface area (Å²) in [7, 11) is 0. The van der Waals surface area contributed by atoms with Gasteiger partial charge < -0.3 is 0 Å². The smallest absolute Gasteiger partial charge is 0.290 e. The topological polar surface area (TPSA) is 61.4 Å². The number of aryl methyl sites for hydroxylation is 1. The number of aromatic nitrogens is 6. The second kappa shape index (κ2) is 7.08. The van der Waals surface area contributed by atoms with Gasteiger partial charge in [0, 0.05) is 17.8 Å². The van der Waals surface area contributed by atoms with Crippen molar-refractivity contribution in [3.8, 4) is 11.6 Å². The highest BCUT2D eigenvalue weighted by molar-refractivity contribution is 5.36. The Hall–Kier alpha value is -3.49. The molecule has 154 valence electrons. The standard InChI is InChI=1S/C21H19F3N6/c1-14-10-29(12-25-14)18-8-4-6-15(27-18)20(2,3)16-7-5-9-19(28-16)30-11-17(26-13-30)21(22,23)24/h4-13H,1-3H3. The van der Waals surface area contributed by atoms with Crippen LogP contribution < -0.4 is 0 Å². The zero-order valence-corrected chi connectivity index (χ0v) is 16.6. The highest BCUT2D eigenvalue weighted by Gasteiger charge is 2.34. The number of halogens is 3. The molecular weight excluding hydrogens is 393 g/mol. The molecule has 0 saturated carbocycles. The van der Waals surface area contributed by atoms with E-state index in [4.69, 9.17) is 4.98 Å². The van der Waals surface area contributed by atoms with Gasteiger partial charge in [-0.25, -0.2) is 19.9 Å². The number of pyridine rings is 2. The van der Waals surface area contributed by atoms with Crippen molar-refractivity contribution in [3.63, 3.8) is 0 Å². The average Bonchev–Trinajstić information content (AvgIpc) is 3.37. The maximum atomic E-state index is 12.9. The fourth-order valence-corrected chi connectivity index (χ4v) is 3.10. The summed E-state index contributed by atoms with van der Waals surface area (Å²) in [6, 6.07) is 10.9. The molecule has 0 saturated heterocycles. The van der Waals surface area contributed by atoms with Gasteiger partial charge in [-0.1, -0.05) is 12.1 Å². The van der Waals surface area contributed by atoms with Gasteiger partial charge in [-0.3, -0.25) is 9.13 Å². The van der Waals surface area contributed by atoms with Crippen LogP contribution >= 0.6 is 0 Å². The molecule has 0 N–H and O–H groups in total. The molecular formula is C21H19F3N6. The molecule has 0 aromatic carbocycles. The van der Waals surface area contributed by atoms with E-state index in [1.807, 2.05) is 55.8 Å².